The molecule has 3 aliphatic rings. The molecule has 0 aliphatic carbocycles. The molecule has 5 rings (SSSR count). The number of alkyl halides is 3. The van der Waals surface area contributed by atoms with E-state index < -0.39 is 17.3 Å². The molecule has 1 aromatic heterocycles. The number of amides is 1. The van der Waals surface area contributed by atoms with Crippen molar-refractivity contribution in [1.29, 1.82) is 0 Å². The Morgan fingerprint density at radius 3 is 2.35 bits per heavy atom. The van der Waals surface area contributed by atoms with Gasteiger partial charge in [-0.1, -0.05) is 12.1 Å². The normalized spacial score (nSPS) is 24.8. The zero-order valence-electron chi connectivity index (χ0n) is 16.7. The first-order valence-electron chi connectivity index (χ1n) is 10.2. The minimum Gasteiger partial charge on any atom is -0.380 e. The number of fused-ring (bicyclic) bond motifs is 1. The predicted molar refractivity (Wildman–Crippen MR) is 105 cm³/mol. The number of carbonyl (C=O) groups excluding carboxylic acids is 1. The number of halogens is 3. The molecule has 2 atom stereocenters. The van der Waals surface area contributed by atoms with Crippen molar-refractivity contribution in [2.45, 2.75) is 11.8 Å². The monoisotopic (exact) mass is 433 g/mol. The Morgan fingerprint density at radius 2 is 1.81 bits per heavy atom. The summed E-state index contributed by atoms with van der Waals surface area (Å²) in [6.45, 7) is 2.96. The highest BCUT2D eigenvalue weighted by Crippen LogP contribution is 2.36. The summed E-state index contributed by atoms with van der Waals surface area (Å²) in [4.78, 5) is 20.8. The summed E-state index contributed by atoms with van der Waals surface area (Å²) in [6, 6.07) is 9.52. The topological polar surface area (TPSA) is 65.9 Å². The molecule has 3 saturated heterocycles. The van der Waals surface area contributed by atoms with Gasteiger partial charge in [0.25, 0.3) is 5.91 Å². The Balaban J connectivity index is 1.23. The van der Waals surface area contributed by atoms with Crippen molar-refractivity contribution in [3.63, 3.8) is 0 Å². The van der Waals surface area contributed by atoms with Crippen molar-refractivity contribution in [3.8, 4) is 0 Å². The lowest BCUT2D eigenvalue weighted by Gasteiger charge is -2.37. The van der Waals surface area contributed by atoms with Crippen molar-refractivity contribution < 1.29 is 27.8 Å². The fraction of sp³-hybridized carbons (Fsp3) is 0.455. The highest BCUT2D eigenvalue weighted by atomic mass is 19.4. The van der Waals surface area contributed by atoms with Crippen molar-refractivity contribution in [2.75, 3.05) is 44.3 Å². The van der Waals surface area contributed by atoms with E-state index in [1.165, 1.54) is 6.07 Å². The number of ether oxygens (including phenoxy) is 1. The zero-order chi connectivity index (χ0) is 21.8. The first-order chi connectivity index (χ1) is 14.7. The molecule has 6 nitrogen and oxygen atoms in total. The maximum Gasteiger partial charge on any atom is 0.417 e. The quantitative estimate of drug-likeness (QED) is 0.806. The number of nitrogens with zero attached hydrogens (tertiary/aromatic N) is 3. The molecule has 3 fully saturated rings. The number of hydrogen-bond donors (Lipinski definition) is 1. The van der Waals surface area contributed by atoms with E-state index in [4.69, 9.17) is 4.74 Å². The van der Waals surface area contributed by atoms with Crippen LogP contribution in [0.25, 0.3) is 0 Å². The minimum absolute atomic E-state index is 0.0701. The zero-order valence-corrected chi connectivity index (χ0v) is 16.7. The molecular formula is C22H22F3N3O3. The van der Waals surface area contributed by atoms with Gasteiger partial charge in [-0.25, -0.2) is 4.98 Å². The van der Waals surface area contributed by atoms with Crippen LogP contribution in [-0.4, -0.2) is 60.3 Å². The van der Waals surface area contributed by atoms with Crippen LogP contribution in [0.2, 0.25) is 0 Å². The third kappa shape index (κ3) is 3.65. The summed E-state index contributed by atoms with van der Waals surface area (Å²) in [5, 5.41) is 10.5. The summed E-state index contributed by atoms with van der Waals surface area (Å²) in [5.41, 5.74) is -0.553. The van der Waals surface area contributed by atoms with Crippen molar-refractivity contribution in [3.05, 3.63) is 59.3 Å². The first kappa shape index (κ1) is 20.3. The molecule has 31 heavy (non-hydrogen) atoms. The Kier molecular flexibility index (Phi) is 4.71. The molecule has 0 bridgehead atoms. The number of aromatic nitrogens is 1. The molecule has 0 saturated carbocycles. The first-order valence-corrected chi connectivity index (χ1v) is 10.2. The third-order valence-electron chi connectivity index (χ3n) is 6.50. The molecule has 2 aromatic rings. The van der Waals surface area contributed by atoms with Gasteiger partial charge in [-0.05, 0) is 29.8 Å². The van der Waals surface area contributed by atoms with Gasteiger partial charge in [-0.15, -0.1) is 0 Å². The van der Waals surface area contributed by atoms with E-state index in [1.807, 2.05) is 9.80 Å². The van der Waals surface area contributed by atoms with Crippen LogP contribution in [0, 0.1) is 11.8 Å². The number of likely N-dealkylation sites (tertiary alicyclic amines) is 1. The van der Waals surface area contributed by atoms with E-state index in [0.29, 0.717) is 43.1 Å². The van der Waals surface area contributed by atoms with Gasteiger partial charge < -0.3 is 19.6 Å². The van der Waals surface area contributed by atoms with Gasteiger partial charge in [0.1, 0.15) is 11.4 Å². The van der Waals surface area contributed by atoms with E-state index >= 15 is 0 Å². The molecule has 2 unspecified atom stereocenters. The smallest absolute Gasteiger partial charge is 0.380 e. The SMILES string of the molecule is O=C(c1cccc(C2(O)COC2)c1)N1CC2CN(c3ccc(C(F)(F)F)cn3)CC2C1. The molecule has 0 spiro atoms. The summed E-state index contributed by atoms with van der Waals surface area (Å²) in [5.74, 6) is 0.962. The number of pyridine rings is 1. The molecule has 1 amide bonds. The van der Waals surface area contributed by atoms with Crippen LogP contribution in [0.4, 0.5) is 19.0 Å². The molecule has 3 aliphatic heterocycles. The highest BCUT2D eigenvalue weighted by Gasteiger charge is 2.43. The van der Waals surface area contributed by atoms with Crippen LogP contribution in [0.3, 0.4) is 0 Å². The second-order valence-corrected chi connectivity index (χ2v) is 8.64. The Morgan fingerprint density at radius 1 is 1.10 bits per heavy atom. The molecule has 1 aromatic carbocycles. The largest absolute Gasteiger partial charge is 0.417 e. The number of aliphatic hydroxyl groups is 1. The summed E-state index contributed by atoms with van der Waals surface area (Å²) >= 11 is 0. The van der Waals surface area contributed by atoms with Crippen LogP contribution in [0.15, 0.2) is 42.6 Å². The van der Waals surface area contributed by atoms with Crippen LogP contribution in [0.5, 0.6) is 0 Å². The molecule has 164 valence electrons. The maximum absolute atomic E-state index is 13.0. The number of anilines is 1. The predicted octanol–water partition coefficient (Wildman–Crippen LogP) is 2.53. The van der Waals surface area contributed by atoms with Gasteiger partial charge in [-0.2, -0.15) is 13.2 Å². The van der Waals surface area contributed by atoms with Gasteiger partial charge in [-0.3, -0.25) is 4.79 Å². The average molecular weight is 433 g/mol. The van der Waals surface area contributed by atoms with Crippen molar-refractivity contribution >= 4 is 11.7 Å². The number of rotatable bonds is 3. The Hall–Kier alpha value is -2.65. The highest BCUT2D eigenvalue weighted by molar-refractivity contribution is 5.94. The fourth-order valence-electron chi connectivity index (χ4n) is 4.67. The summed E-state index contributed by atoms with van der Waals surface area (Å²) in [7, 11) is 0. The lowest BCUT2D eigenvalue weighted by atomic mass is 9.91. The van der Waals surface area contributed by atoms with Gasteiger partial charge in [0.05, 0.1) is 18.8 Å². The number of hydrogen-bond acceptors (Lipinski definition) is 5. The van der Waals surface area contributed by atoms with E-state index in [1.54, 1.807) is 24.3 Å². The van der Waals surface area contributed by atoms with Gasteiger partial charge in [0, 0.05) is 49.8 Å². The molecule has 1 N–H and O–H groups in total. The lowest BCUT2D eigenvalue weighted by molar-refractivity contribution is -0.184. The van der Waals surface area contributed by atoms with E-state index in [2.05, 4.69) is 4.98 Å². The summed E-state index contributed by atoms with van der Waals surface area (Å²) in [6.07, 6.45) is -3.53. The average Bonchev–Trinajstić information content (AvgIpc) is 3.30. The van der Waals surface area contributed by atoms with Crippen molar-refractivity contribution in [1.82, 2.24) is 9.88 Å². The van der Waals surface area contributed by atoms with Crippen LogP contribution in [-0.2, 0) is 16.5 Å². The molecule has 9 heteroatoms. The molecular weight excluding hydrogens is 411 g/mol. The van der Waals surface area contributed by atoms with Gasteiger partial charge in [0.2, 0.25) is 0 Å². The third-order valence-corrected chi connectivity index (χ3v) is 6.50. The maximum atomic E-state index is 13.0. The second kappa shape index (κ2) is 7.20. The van der Waals surface area contributed by atoms with Crippen LogP contribution >= 0.6 is 0 Å². The van der Waals surface area contributed by atoms with Crippen molar-refractivity contribution in [2.24, 2.45) is 11.8 Å². The second-order valence-electron chi connectivity index (χ2n) is 8.64. The van der Waals surface area contributed by atoms with Gasteiger partial charge in [0.15, 0.2) is 0 Å². The Bertz CT molecular complexity index is 977. The van der Waals surface area contributed by atoms with E-state index in [-0.39, 0.29) is 31.0 Å². The summed E-state index contributed by atoms with van der Waals surface area (Å²) < 4.78 is 43.3. The van der Waals surface area contributed by atoms with Crippen LogP contribution in [0.1, 0.15) is 21.5 Å². The van der Waals surface area contributed by atoms with E-state index in [0.717, 1.165) is 12.3 Å². The van der Waals surface area contributed by atoms with Crippen LogP contribution < -0.4 is 4.90 Å². The fourth-order valence-corrected chi connectivity index (χ4v) is 4.67. The number of benzene rings is 1. The number of carbonyl (C=O) groups is 1. The minimum atomic E-state index is -4.40. The molecule has 0 radical (unpaired) electrons. The molecule has 4 heterocycles. The lowest BCUT2D eigenvalue weighted by Crippen LogP contribution is -2.46. The van der Waals surface area contributed by atoms with E-state index in [9.17, 15) is 23.1 Å². The standard InChI is InChI=1S/C22H22F3N3O3/c23-22(24,25)18-4-5-19(26-7-18)27-8-15-10-28(11-16(15)9-27)20(29)14-2-1-3-17(6-14)21(30)12-31-13-21/h1-7,15-16,30H,8-13H2. The Labute approximate surface area is 177 Å². The van der Waals surface area contributed by atoms with Gasteiger partial charge >= 0.3 is 6.18 Å².